The number of ether oxygens (including phenoxy) is 1. The van der Waals surface area contributed by atoms with Crippen molar-refractivity contribution in [2.24, 2.45) is 0 Å². The van der Waals surface area contributed by atoms with Crippen molar-refractivity contribution >= 4 is 12.0 Å². The number of aliphatic hydroxyl groups excluding tert-OH is 1. The maximum absolute atomic E-state index is 9.02. The normalized spacial score (nSPS) is 9.48. The van der Waals surface area contributed by atoms with Gasteiger partial charge < -0.3 is 19.4 Å². The minimum Gasteiger partial charge on any atom is -0.496 e. The molecule has 0 aliphatic heterocycles. The molecule has 0 radical (unpaired) electrons. The first-order valence-electron chi connectivity index (χ1n) is 6.20. The van der Waals surface area contributed by atoms with E-state index in [1.807, 2.05) is 18.2 Å². The molecule has 5 heteroatoms. The zero-order valence-electron chi connectivity index (χ0n) is 12.0. The molecule has 0 fully saturated rings. The van der Waals surface area contributed by atoms with Gasteiger partial charge >= 0.3 is 0 Å². The van der Waals surface area contributed by atoms with Crippen LogP contribution in [0.2, 0.25) is 0 Å². The minimum atomic E-state index is -0.833. The molecule has 0 atom stereocenters. The molecule has 2 aromatic rings. The minimum absolute atomic E-state index is 0.0348. The number of hydrogen-bond donors (Lipinski definition) is 2. The summed E-state index contributed by atoms with van der Waals surface area (Å²) >= 11 is 0. The molecule has 0 saturated carbocycles. The molecule has 0 aliphatic carbocycles. The van der Waals surface area contributed by atoms with Crippen molar-refractivity contribution in [3.05, 3.63) is 48.2 Å². The highest BCUT2D eigenvalue weighted by atomic mass is 16.5. The molecule has 0 aliphatic rings. The van der Waals surface area contributed by atoms with Gasteiger partial charge in [-0.15, -0.1) is 0 Å². The average Bonchev–Trinajstić information content (AvgIpc) is 2.94. The van der Waals surface area contributed by atoms with Crippen molar-refractivity contribution in [1.82, 2.24) is 0 Å². The lowest BCUT2D eigenvalue weighted by molar-refractivity contribution is -0.134. The first-order chi connectivity index (χ1) is 10.0. The van der Waals surface area contributed by atoms with E-state index in [9.17, 15) is 0 Å². The summed E-state index contributed by atoms with van der Waals surface area (Å²) in [5.74, 6) is 0.573. The fourth-order valence-electron chi connectivity index (χ4n) is 1.64. The molecular weight excluding hydrogens is 272 g/mol. The Morgan fingerprint density at radius 3 is 2.57 bits per heavy atom. The van der Waals surface area contributed by atoms with Gasteiger partial charge in [0.05, 0.1) is 25.5 Å². The number of carboxylic acids is 1. The van der Waals surface area contributed by atoms with Crippen LogP contribution in [0.4, 0.5) is 0 Å². The second-order valence-electron chi connectivity index (χ2n) is 4.16. The number of aliphatic carboxylic acids is 1. The molecule has 112 valence electrons. The molecule has 2 rings (SSSR count). The first-order valence-corrected chi connectivity index (χ1v) is 6.20. The van der Waals surface area contributed by atoms with E-state index in [2.05, 4.69) is 6.58 Å². The van der Waals surface area contributed by atoms with Crippen LogP contribution >= 0.6 is 0 Å². The number of rotatable bonds is 4. The predicted octanol–water partition coefficient (Wildman–Crippen LogP) is 3.18. The first kappa shape index (κ1) is 16.5. The van der Waals surface area contributed by atoms with Gasteiger partial charge in [-0.1, -0.05) is 18.7 Å². The summed E-state index contributed by atoms with van der Waals surface area (Å²) < 4.78 is 10.7. The number of methoxy groups -OCH3 is 1. The monoisotopic (exact) mass is 290 g/mol. The average molecular weight is 290 g/mol. The Morgan fingerprint density at radius 2 is 2.10 bits per heavy atom. The van der Waals surface area contributed by atoms with Gasteiger partial charge in [0, 0.05) is 12.5 Å². The van der Waals surface area contributed by atoms with Crippen molar-refractivity contribution in [3.63, 3.8) is 0 Å². The molecule has 1 heterocycles. The van der Waals surface area contributed by atoms with E-state index in [-0.39, 0.29) is 6.61 Å². The van der Waals surface area contributed by atoms with Crippen LogP contribution in [0.5, 0.6) is 5.75 Å². The van der Waals surface area contributed by atoms with Gasteiger partial charge in [-0.05, 0) is 23.8 Å². The predicted molar refractivity (Wildman–Crippen MR) is 80.0 cm³/mol. The van der Waals surface area contributed by atoms with Gasteiger partial charge in [0.1, 0.15) is 11.5 Å². The van der Waals surface area contributed by atoms with E-state index in [4.69, 9.17) is 24.2 Å². The lowest BCUT2D eigenvalue weighted by atomic mass is 10.1. The Balaban J connectivity index is 0.000000491. The van der Waals surface area contributed by atoms with E-state index < -0.39 is 5.97 Å². The van der Waals surface area contributed by atoms with Crippen molar-refractivity contribution in [2.45, 2.75) is 13.5 Å². The van der Waals surface area contributed by atoms with Gasteiger partial charge in [-0.3, -0.25) is 4.79 Å². The van der Waals surface area contributed by atoms with Crippen LogP contribution < -0.4 is 4.74 Å². The fourth-order valence-corrected chi connectivity index (χ4v) is 1.64. The molecule has 1 aromatic heterocycles. The van der Waals surface area contributed by atoms with Crippen LogP contribution in [-0.4, -0.2) is 23.3 Å². The molecule has 0 spiro atoms. The Kier molecular flexibility index (Phi) is 6.23. The number of hydrogen-bond acceptors (Lipinski definition) is 4. The number of furan rings is 1. The maximum atomic E-state index is 9.02. The highest BCUT2D eigenvalue weighted by molar-refractivity contribution is 5.70. The third-order valence-corrected chi connectivity index (χ3v) is 2.56. The molecule has 0 unspecified atom stereocenters. The fraction of sp³-hybridized carbons (Fsp3) is 0.188. The molecule has 21 heavy (non-hydrogen) atoms. The third kappa shape index (κ3) is 4.81. The Bertz CT molecular complexity index is 609. The van der Waals surface area contributed by atoms with E-state index >= 15 is 0 Å². The summed E-state index contributed by atoms with van der Waals surface area (Å²) in [6.45, 7) is 4.78. The summed E-state index contributed by atoms with van der Waals surface area (Å²) in [6, 6.07) is 7.52. The molecule has 0 amide bonds. The number of benzene rings is 1. The lowest BCUT2D eigenvalue weighted by Crippen LogP contribution is -1.87. The Morgan fingerprint density at radius 1 is 1.43 bits per heavy atom. The molecule has 2 N–H and O–H groups in total. The smallest absolute Gasteiger partial charge is 0.300 e. The topological polar surface area (TPSA) is 79.9 Å². The molecule has 0 bridgehead atoms. The van der Waals surface area contributed by atoms with Gasteiger partial charge in [-0.2, -0.15) is 0 Å². The second kappa shape index (κ2) is 7.91. The second-order valence-corrected chi connectivity index (χ2v) is 4.16. The zero-order valence-corrected chi connectivity index (χ0v) is 12.0. The van der Waals surface area contributed by atoms with Gasteiger partial charge in [0.25, 0.3) is 5.97 Å². The molecule has 1 aromatic carbocycles. The highest BCUT2D eigenvalue weighted by Crippen LogP contribution is 2.32. The van der Waals surface area contributed by atoms with Crippen LogP contribution in [0, 0.1) is 0 Å². The van der Waals surface area contributed by atoms with Gasteiger partial charge in [0.2, 0.25) is 0 Å². The summed E-state index contributed by atoms with van der Waals surface area (Å²) in [7, 11) is 1.61. The van der Waals surface area contributed by atoms with Gasteiger partial charge in [-0.25, -0.2) is 0 Å². The summed E-state index contributed by atoms with van der Waals surface area (Å²) in [6.07, 6.45) is 3.30. The molecular formula is C16H18O5. The largest absolute Gasteiger partial charge is 0.496 e. The van der Waals surface area contributed by atoms with Crippen LogP contribution in [0.15, 0.2) is 41.5 Å². The zero-order chi connectivity index (χ0) is 15.8. The van der Waals surface area contributed by atoms with Crippen molar-refractivity contribution < 1.29 is 24.2 Å². The van der Waals surface area contributed by atoms with Crippen molar-refractivity contribution in [1.29, 1.82) is 0 Å². The maximum Gasteiger partial charge on any atom is 0.300 e. The van der Waals surface area contributed by atoms with E-state index in [1.165, 1.54) is 6.26 Å². The molecule has 5 nitrogen and oxygen atoms in total. The van der Waals surface area contributed by atoms with E-state index in [1.54, 1.807) is 19.3 Å². The third-order valence-electron chi connectivity index (χ3n) is 2.56. The van der Waals surface area contributed by atoms with Crippen LogP contribution in [-0.2, 0) is 11.4 Å². The Hall–Kier alpha value is -2.53. The Labute approximate surface area is 123 Å². The van der Waals surface area contributed by atoms with E-state index in [0.717, 1.165) is 29.4 Å². The van der Waals surface area contributed by atoms with E-state index in [0.29, 0.717) is 5.76 Å². The van der Waals surface area contributed by atoms with Crippen LogP contribution in [0.3, 0.4) is 0 Å². The standard InChI is InChI=1S/C14H14O3.C2H4O2/c1-3-10-4-5-13(16-2)12(6-10)14-7-11(8-15)9-17-14;1-2(3)4/h3-7,9,15H,1,8H2,2H3;1H3,(H,3,4). The summed E-state index contributed by atoms with van der Waals surface area (Å²) in [4.78, 5) is 9.00. The SMILES string of the molecule is C=Cc1ccc(OC)c(-c2cc(CO)co2)c1.CC(=O)O. The van der Waals surface area contributed by atoms with Crippen LogP contribution in [0.1, 0.15) is 18.1 Å². The number of carbonyl (C=O) groups is 1. The number of aliphatic hydroxyl groups is 1. The summed E-state index contributed by atoms with van der Waals surface area (Å²) in [5.41, 5.74) is 2.58. The lowest BCUT2D eigenvalue weighted by Gasteiger charge is -2.06. The van der Waals surface area contributed by atoms with Gasteiger partial charge in [0.15, 0.2) is 0 Å². The molecule has 0 saturated heterocycles. The van der Waals surface area contributed by atoms with Crippen LogP contribution in [0.25, 0.3) is 17.4 Å². The van der Waals surface area contributed by atoms with Crippen molar-refractivity contribution in [3.8, 4) is 17.1 Å². The summed E-state index contributed by atoms with van der Waals surface area (Å²) in [5, 5.41) is 16.4. The quantitative estimate of drug-likeness (QED) is 0.904. The highest BCUT2D eigenvalue weighted by Gasteiger charge is 2.10. The number of carboxylic acid groups (broad SMARTS) is 1. The van der Waals surface area contributed by atoms with Crippen molar-refractivity contribution in [2.75, 3.05) is 7.11 Å².